The van der Waals surface area contributed by atoms with Gasteiger partial charge in [0.2, 0.25) is 0 Å². The van der Waals surface area contributed by atoms with Crippen LogP contribution in [0.1, 0.15) is 9.67 Å². The molecule has 5 heteroatoms. The molecule has 0 fully saturated rings. The normalized spacial score (nSPS) is 10.3. The minimum absolute atomic E-state index is 0.308. The van der Waals surface area contributed by atoms with E-state index in [0.717, 1.165) is 11.8 Å². The van der Waals surface area contributed by atoms with E-state index in [9.17, 15) is 9.18 Å². The van der Waals surface area contributed by atoms with Gasteiger partial charge in [0.05, 0.1) is 4.88 Å². The molecule has 0 aliphatic carbocycles. The van der Waals surface area contributed by atoms with Gasteiger partial charge in [-0.1, -0.05) is 0 Å². The van der Waals surface area contributed by atoms with Crippen molar-refractivity contribution in [2.24, 2.45) is 0 Å². The molecule has 0 spiro atoms. The quantitative estimate of drug-likeness (QED) is 0.790. The van der Waals surface area contributed by atoms with Crippen LogP contribution < -0.4 is 0 Å². The molecule has 1 aromatic heterocycles. The number of aromatic nitrogens is 1. The fourth-order valence-corrected chi connectivity index (χ4v) is 2.57. The lowest BCUT2D eigenvalue weighted by molar-refractivity contribution is 0.112. The third-order valence-corrected chi connectivity index (χ3v) is 3.41. The standard InChI is InChI=1S/C10H5BrFNOS/c11-9-3-6(12)1-2-8(9)10-13-4-7(5-14)15-10/h1-5H. The number of nitrogens with zero attached hydrogens (tertiary/aromatic N) is 1. The van der Waals surface area contributed by atoms with E-state index in [1.54, 1.807) is 6.07 Å². The van der Waals surface area contributed by atoms with Crippen molar-refractivity contribution in [2.75, 3.05) is 0 Å². The van der Waals surface area contributed by atoms with Gasteiger partial charge in [-0.15, -0.1) is 11.3 Å². The summed E-state index contributed by atoms with van der Waals surface area (Å²) >= 11 is 4.53. The SMILES string of the molecule is O=Cc1cnc(-c2ccc(F)cc2Br)s1. The summed E-state index contributed by atoms with van der Waals surface area (Å²) in [6.07, 6.45) is 2.25. The van der Waals surface area contributed by atoms with Crippen molar-refractivity contribution in [3.05, 3.63) is 39.6 Å². The minimum atomic E-state index is -0.308. The first-order valence-corrected chi connectivity index (χ1v) is 5.68. The molecule has 2 aromatic rings. The zero-order chi connectivity index (χ0) is 10.8. The highest BCUT2D eigenvalue weighted by Gasteiger charge is 2.08. The summed E-state index contributed by atoms with van der Waals surface area (Å²) in [5.41, 5.74) is 0.787. The van der Waals surface area contributed by atoms with E-state index in [-0.39, 0.29) is 5.82 Å². The molecule has 0 atom stereocenters. The Hall–Kier alpha value is -1.07. The second-order valence-electron chi connectivity index (χ2n) is 2.81. The van der Waals surface area contributed by atoms with Gasteiger partial charge in [0.25, 0.3) is 0 Å². The van der Waals surface area contributed by atoms with Crippen LogP contribution in [0, 0.1) is 5.82 Å². The van der Waals surface area contributed by atoms with Gasteiger partial charge in [0.15, 0.2) is 6.29 Å². The number of rotatable bonds is 2. The van der Waals surface area contributed by atoms with Gasteiger partial charge in [-0.2, -0.15) is 0 Å². The molecule has 2 rings (SSSR count). The second-order valence-corrected chi connectivity index (χ2v) is 4.73. The maximum Gasteiger partial charge on any atom is 0.161 e. The van der Waals surface area contributed by atoms with Gasteiger partial charge < -0.3 is 0 Å². The van der Waals surface area contributed by atoms with Gasteiger partial charge in [-0.05, 0) is 34.1 Å². The molecule has 0 aliphatic rings. The molecule has 1 aromatic carbocycles. The summed E-state index contributed by atoms with van der Waals surface area (Å²) in [7, 11) is 0. The lowest BCUT2D eigenvalue weighted by Crippen LogP contribution is -1.80. The fraction of sp³-hybridized carbons (Fsp3) is 0. The molecule has 0 N–H and O–H groups in total. The molecule has 1 heterocycles. The van der Waals surface area contributed by atoms with Gasteiger partial charge in [0, 0.05) is 16.2 Å². The molecule has 0 amide bonds. The molecule has 0 radical (unpaired) electrons. The van der Waals surface area contributed by atoms with E-state index in [4.69, 9.17) is 0 Å². The number of aldehydes is 1. The van der Waals surface area contributed by atoms with Crippen LogP contribution in [0.5, 0.6) is 0 Å². The first kappa shape index (κ1) is 10.4. The maximum atomic E-state index is 12.8. The van der Waals surface area contributed by atoms with Gasteiger partial charge in [-0.25, -0.2) is 9.37 Å². The Labute approximate surface area is 97.9 Å². The van der Waals surface area contributed by atoms with Crippen LogP contribution in [-0.2, 0) is 0 Å². The average Bonchev–Trinajstić information content (AvgIpc) is 2.66. The highest BCUT2D eigenvalue weighted by molar-refractivity contribution is 9.10. The van der Waals surface area contributed by atoms with Gasteiger partial charge in [-0.3, -0.25) is 4.79 Å². The van der Waals surface area contributed by atoms with Crippen molar-refractivity contribution in [3.8, 4) is 10.6 Å². The van der Waals surface area contributed by atoms with Crippen LogP contribution in [0.4, 0.5) is 4.39 Å². The van der Waals surface area contributed by atoms with Crippen LogP contribution in [-0.4, -0.2) is 11.3 Å². The molecule has 0 aliphatic heterocycles. The summed E-state index contributed by atoms with van der Waals surface area (Å²) in [5.74, 6) is -0.308. The Kier molecular flexibility index (Phi) is 2.93. The molecule has 0 bridgehead atoms. The Morgan fingerprint density at radius 3 is 2.87 bits per heavy atom. The van der Waals surface area contributed by atoms with Gasteiger partial charge in [0.1, 0.15) is 10.8 Å². The fourth-order valence-electron chi connectivity index (χ4n) is 1.13. The average molecular weight is 286 g/mol. The summed E-state index contributed by atoms with van der Waals surface area (Å²) in [4.78, 5) is 15.1. The highest BCUT2D eigenvalue weighted by atomic mass is 79.9. The Bertz CT molecular complexity index is 512. The van der Waals surface area contributed by atoms with Crippen LogP contribution in [0.3, 0.4) is 0 Å². The number of hydrogen-bond donors (Lipinski definition) is 0. The first-order chi connectivity index (χ1) is 7.20. The number of hydrogen-bond acceptors (Lipinski definition) is 3. The van der Waals surface area contributed by atoms with E-state index in [2.05, 4.69) is 20.9 Å². The molecule has 0 unspecified atom stereocenters. The van der Waals surface area contributed by atoms with Crippen molar-refractivity contribution < 1.29 is 9.18 Å². The molecule has 0 saturated carbocycles. The van der Waals surface area contributed by atoms with Crippen LogP contribution in [0.15, 0.2) is 28.9 Å². The predicted octanol–water partition coefficient (Wildman–Crippen LogP) is 3.52. The van der Waals surface area contributed by atoms with Crippen LogP contribution in [0.2, 0.25) is 0 Å². The largest absolute Gasteiger partial charge is 0.297 e. The van der Waals surface area contributed by atoms with Crippen molar-refractivity contribution >= 4 is 33.6 Å². The monoisotopic (exact) mass is 285 g/mol. The zero-order valence-electron chi connectivity index (χ0n) is 7.41. The van der Waals surface area contributed by atoms with E-state index < -0.39 is 0 Å². The highest BCUT2D eigenvalue weighted by Crippen LogP contribution is 2.31. The summed E-state index contributed by atoms with van der Waals surface area (Å²) in [6.45, 7) is 0. The van der Waals surface area contributed by atoms with Crippen LogP contribution >= 0.6 is 27.3 Å². The van der Waals surface area contributed by atoms with E-state index in [0.29, 0.717) is 14.4 Å². The van der Waals surface area contributed by atoms with Crippen molar-refractivity contribution in [2.45, 2.75) is 0 Å². The van der Waals surface area contributed by atoms with E-state index >= 15 is 0 Å². The predicted molar refractivity (Wildman–Crippen MR) is 60.6 cm³/mol. The smallest absolute Gasteiger partial charge is 0.161 e. The molecule has 15 heavy (non-hydrogen) atoms. The maximum absolute atomic E-state index is 12.8. The Balaban J connectivity index is 2.49. The number of benzene rings is 1. The molecule has 76 valence electrons. The summed E-state index contributed by atoms with van der Waals surface area (Å²) in [5, 5.41) is 0.698. The molecular weight excluding hydrogens is 281 g/mol. The second kappa shape index (κ2) is 4.20. The lowest BCUT2D eigenvalue weighted by Gasteiger charge is -1.99. The number of halogens is 2. The third kappa shape index (κ3) is 2.13. The first-order valence-electron chi connectivity index (χ1n) is 4.07. The molecular formula is C10H5BrFNOS. The Morgan fingerprint density at radius 2 is 2.27 bits per heavy atom. The van der Waals surface area contributed by atoms with Gasteiger partial charge >= 0.3 is 0 Å². The van der Waals surface area contributed by atoms with Crippen LogP contribution in [0.25, 0.3) is 10.6 Å². The lowest BCUT2D eigenvalue weighted by atomic mass is 10.2. The van der Waals surface area contributed by atoms with E-state index in [1.807, 2.05) is 0 Å². The zero-order valence-corrected chi connectivity index (χ0v) is 9.81. The van der Waals surface area contributed by atoms with Crippen molar-refractivity contribution in [1.29, 1.82) is 0 Å². The summed E-state index contributed by atoms with van der Waals surface area (Å²) in [6, 6.07) is 4.37. The number of carbonyl (C=O) groups is 1. The summed E-state index contributed by atoms with van der Waals surface area (Å²) < 4.78 is 13.5. The third-order valence-electron chi connectivity index (χ3n) is 1.80. The minimum Gasteiger partial charge on any atom is -0.297 e. The molecule has 0 saturated heterocycles. The Morgan fingerprint density at radius 1 is 1.47 bits per heavy atom. The molecule has 2 nitrogen and oxygen atoms in total. The topological polar surface area (TPSA) is 30.0 Å². The van der Waals surface area contributed by atoms with Crippen molar-refractivity contribution in [3.63, 3.8) is 0 Å². The van der Waals surface area contributed by atoms with E-state index in [1.165, 1.54) is 29.7 Å². The van der Waals surface area contributed by atoms with Crippen molar-refractivity contribution in [1.82, 2.24) is 4.98 Å². The number of thiazole rings is 1. The number of carbonyl (C=O) groups excluding carboxylic acids is 1.